The molecule has 0 aromatic heterocycles. The molecule has 23 heavy (non-hydrogen) atoms. The van der Waals surface area contributed by atoms with Crippen molar-refractivity contribution in [3.63, 3.8) is 0 Å². The lowest BCUT2D eigenvalue weighted by molar-refractivity contribution is -0.119. The van der Waals surface area contributed by atoms with Gasteiger partial charge in [-0.3, -0.25) is 9.59 Å². The van der Waals surface area contributed by atoms with Gasteiger partial charge in [0.1, 0.15) is 0 Å². The molecule has 2 amide bonds. The molecule has 0 bridgehead atoms. The van der Waals surface area contributed by atoms with E-state index in [0.29, 0.717) is 17.4 Å². The predicted octanol–water partition coefficient (Wildman–Crippen LogP) is 3.37. The molecule has 1 aromatic rings. The molecular formula is C18H26N2O2S. The van der Waals surface area contributed by atoms with E-state index >= 15 is 0 Å². The third-order valence-electron chi connectivity index (χ3n) is 3.88. The molecule has 1 saturated carbocycles. The number of hydrogen-bond donors (Lipinski definition) is 2. The van der Waals surface area contributed by atoms with Gasteiger partial charge in [-0.1, -0.05) is 31.4 Å². The zero-order chi connectivity index (χ0) is 16.7. The van der Waals surface area contributed by atoms with Crippen molar-refractivity contribution in [2.24, 2.45) is 0 Å². The van der Waals surface area contributed by atoms with E-state index in [1.54, 1.807) is 0 Å². The maximum atomic E-state index is 12.5. The first-order valence-electron chi connectivity index (χ1n) is 8.38. The summed E-state index contributed by atoms with van der Waals surface area (Å²) >= 11 is 1.41. The molecule has 1 fully saturated rings. The van der Waals surface area contributed by atoms with Gasteiger partial charge in [-0.05, 0) is 38.8 Å². The standard InChI is InChI=1S/C18H26N2O2S/c1-13(2)19-17(21)12-23-16-11-7-6-10-15(16)18(22)20-14-8-4-3-5-9-14/h6-7,10-11,13-14H,3-5,8-9,12H2,1-2H3,(H,19,21)(H,20,22). The summed E-state index contributed by atoms with van der Waals surface area (Å²) in [6, 6.07) is 7.93. The molecule has 5 heteroatoms. The second-order valence-electron chi connectivity index (χ2n) is 6.32. The van der Waals surface area contributed by atoms with Crippen molar-refractivity contribution >= 4 is 23.6 Å². The molecule has 0 radical (unpaired) electrons. The van der Waals surface area contributed by atoms with Crippen LogP contribution in [0.1, 0.15) is 56.3 Å². The van der Waals surface area contributed by atoms with Crippen LogP contribution < -0.4 is 10.6 Å². The molecular weight excluding hydrogens is 308 g/mol. The second-order valence-corrected chi connectivity index (χ2v) is 7.33. The molecule has 0 heterocycles. The largest absolute Gasteiger partial charge is 0.353 e. The molecule has 1 aliphatic rings. The Bertz CT molecular complexity index is 540. The molecule has 126 valence electrons. The third-order valence-corrected chi connectivity index (χ3v) is 4.95. The summed E-state index contributed by atoms with van der Waals surface area (Å²) in [5.41, 5.74) is 0.667. The number of benzene rings is 1. The van der Waals surface area contributed by atoms with Crippen molar-refractivity contribution in [3.05, 3.63) is 29.8 Å². The molecule has 1 aromatic carbocycles. The highest BCUT2D eigenvalue weighted by Gasteiger charge is 2.18. The summed E-state index contributed by atoms with van der Waals surface area (Å²) in [7, 11) is 0. The lowest BCUT2D eigenvalue weighted by atomic mass is 9.95. The average molecular weight is 334 g/mol. The van der Waals surface area contributed by atoms with Crippen LogP contribution in [0.3, 0.4) is 0 Å². The first kappa shape index (κ1) is 17.9. The Kier molecular flexibility index (Phi) is 6.96. The van der Waals surface area contributed by atoms with E-state index < -0.39 is 0 Å². The molecule has 0 unspecified atom stereocenters. The average Bonchev–Trinajstić information content (AvgIpc) is 2.53. The normalized spacial score (nSPS) is 15.4. The van der Waals surface area contributed by atoms with Crippen LogP contribution in [0.25, 0.3) is 0 Å². The van der Waals surface area contributed by atoms with Crippen LogP contribution in [0.5, 0.6) is 0 Å². The summed E-state index contributed by atoms with van der Waals surface area (Å²) in [5, 5.41) is 6.01. The molecule has 0 spiro atoms. The smallest absolute Gasteiger partial charge is 0.252 e. The van der Waals surface area contributed by atoms with E-state index in [-0.39, 0.29) is 17.9 Å². The van der Waals surface area contributed by atoms with Crippen molar-refractivity contribution in [1.82, 2.24) is 10.6 Å². The van der Waals surface area contributed by atoms with E-state index in [2.05, 4.69) is 10.6 Å². The van der Waals surface area contributed by atoms with Crippen LogP contribution >= 0.6 is 11.8 Å². The van der Waals surface area contributed by atoms with Crippen molar-refractivity contribution in [3.8, 4) is 0 Å². The monoisotopic (exact) mass is 334 g/mol. The Labute approximate surface area is 142 Å². The highest BCUT2D eigenvalue weighted by Crippen LogP contribution is 2.24. The van der Waals surface area contributed by atoms with Crippen LogP contribution in [-0.4, -0.2) is 29.7 Å². The van der Waals surface area contributed by atoms with Gasteiger partial charge in [0.25, 0.3) is 5.91 Å². The van der Waals surface area contributed by atoms with E-state index in [1.165, 1.54) is 31.0 Å². The lowest BCUT2D eigenvalue weighted by Crippen LogP contribution is -2.36. The van der Waals surface area contributed by atoms with Crippen molar-refractivity contribution < 1.29 is 9.59 Å². The number of amides is 2. The van der Waals surface area contributed by atoms with Crippen molar-refractivity contribution in [2.75, 3.05) is 5.75 Å². The maximum absolute atomic E-state index is 12.5. The van der Waals surface area contributed by atoms with Crippen LogP contribution in [0.4, 0.5) is 0 Å². The fourth-order valence-electron chi connectivity index (χ4n) is 2.80. The van der Waals surface area contributed by atoms with Crippen molar-refractivity contribution in [2.45, 2.75) is 62.9 Å². The third kappa shape index (κ3) is 5.90. The van der Waals surface area contributed by atoms with E-state index in [4.69, 9.17) is 0 Å². The molecule has 4 nitrogen and oxygen atoms in total. The topological polar surface area (TPSA) is 58.2 Å². The maximum Gasteiger partial charge on any atom is 0.252 e. The van der Waals surface area contributed by atoms with E-state index in [9.17, 15) is 9.59 Å². The summed E-state index contributed by atoms with van der Waals surface area (Å²) in [6.07, 6.45) is 5.78. The highest BCUT2D eigenvalue weighted by atomic mass is 32.2. The second kappa shape index (κ2) is 8.96. The summed E-state index contributed by atoms with van der Waals surface area (Å²) in [5.74, 6) is 0.295. The van der Waals surface area contributed by atoms with Gasteiger partial charge < -0.3 is 10.6 Å². The summed E-state index contributed by atoms with van der Waals surface area (Å²) in [4.78, 5) is 25.2. The molecule has 0 atom stereocenters. The van der Waals surface area contributed by atoms with Gasteiger partial charge >= 0.3 is 0 Å². The minimum atomic E-state index is -0.0238. The summed E-state index contributed by atoms with van der Waals surface area (Å²) < 4.78 is 0. The van der Waals surface area contributed by atoms with E-state index in [0.717, 1.165) is 17.7 Å². The van der Waals surface area contributed by atoms with Crippen molar-refractivity contribution in [1.29, 1.82) is 0 Å². The van der Waals surface area contributed by atoms with Gasteiger partial charge in [-0.15, -0.1) is 11.8 Å². The first-order chi connectivity index (χ1) is 11.1. The Balaban J connectivity index is 1.96. The summed E-state index contributed by atoms with van der Waals surface area (Å²) in [6.45, 7) is 3.88. The quantitative estimate of drug-likeness (QED) is 0.784. The number of thioether (sulfide) groups is 1. The predicted molar refractivity (Wildman–Crippen MR) is 94.8 cm³/mol. The zero-order valence-corrected chi connectivity index (χ0v) is 14.7. The molecule has 2 N–H and O–H groups in total. The van der Waals surface area contributed by atoms with Gasteiger partial charge in [0.15, 0.2) is 0 Å². The fourth-order valence-corrected chi connectivity index (χ4v) is 3.66. The number of carbonyl (C=O) groups excluding carboxylic acids is 2. The molecule has 0 aliphatic heterocycles. The SMILES string of the molecule is CC(C)NC(=O)CSc1ccccc1C(=O)NC1CCCCC1. The van der Waals surface area contributed by atoms with Crippen LogP contribution in [0, 0.1) is 0 Å². The van der Waals surface area contributed by atoms with Gasteiger partial charge in [0.05, 0.1) is 11.3 Å². The van der Waals surface area contributed by atoms with Crippen LogP contribution in [0.15, 0.2) is 29.2 Å². The first-order valence-corrected chi connectivity index (χ1v) is 9.37. The molecule has 0 saturated heterocycles. The van der Waals surface area contributed by atoms with Crippen LogP contribution in [0.2, 0.25) is 0 Å². The Morgan fingerprint density at radius 1 is 1.17 bits per heavy atom. The van der Waals surface area contributed by atoms with Gasteiger partial charge in [-0.2, -0.15) is 0 Å². The number of nitrogens with one attached hydrogen (secondary N) is 2. The molecule has 1 aliphatic carbocycles. The minimum Gasteiger partial charge on any atom is -0.353 e. The zero-order valence-electron chi connectivity index (χ0n) is 13.9. The minimum absolute atomic E-state index is 0.00695. The van der Waals surface area contributed by atoms with Crippen LogP contribution in [-0.2, 0) is 4.79 Å². The number of rotatable bonds is 6. The highest BCUT2D eigenvalue weighted by molar-refractivity contribution is 8.00. The number of hydrogen-bond acceptors (Lipinski definition) is 3. The van der Waals surface area contributed by atoms with Gasteiger partial charge in [0, 0.05) is 17.0 Å². The number of carbonyl (C=O) groups is 2. The fraction of sp³-hybridized carbons (Fsp3) is 0.556. The Morgan fingerprint density at radius 3 is 2.57 bits per heavy atom. The molecule has 2 rings (SSSR count). The Morgan fingerprint density at radius 2 is 1.87 bits per heavy atom. The van der Waals surface area contributed by atoms with Gasteiger partial charge in [-0.25, -0.2) is 0 Å². The van der Waals surface area contributed by atoms with E-state index in [1.807, 2.05) is 38.1 Å². The Hall–Kier alpha value is -1.49. The lowest BCUT2D eigenvalue weighted by Gasteiger charge is -2.23. The van der Waals surface area contributed by atoms with Gasteiger partial charge in [0.2, 0.25) is 5.91 Å².